The van der Waals surface area contributed by atoms with Crippen LogP contribution in [0.25, 0.3) is 0 Å². The van der Waals surface area contributed by atoms with E-state index in [0.717, 1.165) is 5.56 Å². The van der Waals surface area contributed by atoms with Crippen LogP contribution in [0.5, 0.6) is 0 Å². The number of rotatable bonds is 7. The predicted octanol–water partition coefficient (Wildman–Crippen LogP) is 2.58. The van der Waals surface area contributed by atoms with Crippen molar-refractivity contribution in [2.45, 2.75) is 47.6 Å². The Balaban J connectivity index is 2.52. The van der Waals surface area contributed by atoms with E-state index in [9.17, 15) is 14.4 Å². The monoisotopic (exact) mass is 348 g/mol. The van der Waals surface area contributed by atoms with Crippen LogP contribution in [0.4, 0.5) is 0 Å². The van der Waals surface area contributed by atoms with Gasteiger partial charge in [-0.15, -0.1) is 0 Å². The maximum Gasteiger partial charge on any atom is 0.309 e. The fraction of sp³-hybridized carbons (Fsp3) is 0.526. The minimum absolute atomic E-state index is 0.0321. The average Bonchev–Trinajstić information content (AvgIpc) is 2.51. The summed E-state index contributed by atoms with van der Waals surface area (Å²) in [5, 5.41) is 14.6. The summed E-state index contributed by atoms with van der Waals surface area (Å²) in [6, 6.07) is 6.96. The lowest BCUT2D eigenvalue weighted by atomic mass is 9.90. The number of hydrogen-bond donors (Lipinski definition) is 3. The first kappa shape index (κ1) is 20.7. The predicted molar refractivity (Wildman–Crippen MR) is 96.1 cm³/mol. The first-order chi connectivity index (χ1) is 11.4. The lowest BCUT2D eigenvalue weighted by molar-refractivity contribution is -0.147. The minimum Gasteiger partial charge on any atom is -0.481 e. The number of aliphatic carboxylic acids is 1. The standard InChI is InChI=1S/C19H28N2O4/c1-18(2,3)16(23)21-12-13-6-8-14(9-7-13)15(22)20-11-10-19(4,5)17(24)25/h6-9H,10-12H2,1-5H3,(H,20,22)(H,21,23)(H,24,25). The van der Waals surface area contributed by atoms with E-state index in [0.29, 0.717) is 25.1 Å². The highest BCUT2D eigenvalue weighted by Crippen LogP contribution is 2.19. The third kappa shape index (κ3) is 6.57. The topological polar surface area (TPSA) is 95.5 Å². The van der Waals surface area contributed by atoms with Crippen molar-refractivity contribution in [3.63, 3.8) is 0 Å². The molecule has 3 N–H and O–H groups in total. The molecule has 2 amide bonds. The lowest BCUT2D eigenvalue weighted by Crippen LogP contribution is -2.34. The van der Waals surface area contributed by atoms with Crippen LogP contribution >= 0.6 is 0 Å². The van der Waals surface area contributed by atoms with E-state index in [1.807, 2.05) is 20.8 Å². The zero-order chi connectivity index (χ0) is 19.3. The fourth-order valence-corrected chi connectivity index (χ4v) is 1.92. The molecule has 0 saturated carbocycles. The molecule has 0 bridgehead atoms. The summed E-state index contributed by atoms with van der Waals surface area (Å²) in [6.45, 7) is 9.50. The SMILES string of the molecule is CC(C)(C)C(=O)NCc1ccc(C(=O)NCCC(C)(C)C(=O)O)cc1. The molecule has 1 rings (SSSR count). The molecule has 138 valence electrons. The maximum absolute atomic E-state index is 12.1. The molecule has 0 aliphatic heterocycles. The van der Waals surface area contributed by atoms with E-state index in [1.54, 1.807) is 38.1 Å². The Kier molecular flexibility index (Phi) is 6.73. The molecule has 0 aromatic heterocycles. The highest BCUT2D eigenvalue weighted by Gasteiger charge is 2.26. The molecule has 0 heterocycles. The number of carboxylic acid groups (broad SMARTS) is 1. The van der Waals surface area contributed by atoms with Crippen LogP contribution in [0.15, 0.2) is 24.3 Å². The van der Waals surface area contributed by atoms with Crippen molar-refractivity contribution in [1.29, 1.82) is 0 Å². The van der Waals surface area contributed by atoms with Gasteiger partial charge in [0.25, 0.3) is 5.91 Å². The van der Waals surface area contributed by atoms with Crippen molar-refractivity contribution in [2.75, 3.05) is 6.54 Å². The fourth-order valence-electron chi connectivity index (χ4n) is 1.92. The number of amides is 2. The molecule has 1 aromatic rings. The Morgan fingerprint density at radius 2 is 1.52 bits per heavy atom. The molecule has 0 aliphatic carbocycles. The van der Waals surface area contributed by atoms with Crippen LogP contribution in [0.2, 0.25) is 0 Å². The summed E-state index contributed by atoms with van der Waals surface area (Å²) in [5.74, 6) is -1.16. The quantitative estimate of drug-likeness (QED) is 0.706. The van der Waals surface area contributed by atoms with Crippen molar-refractivity contribution in [3.05, 3.63) is 35.4 Å². The van der Waals surface area contributed by atoms with Gasteiger partial charge in [0.05, 0.1) is 5.41 Å². The van der Waals surface area contributed by atoms with Crippen LogP contribution < -0.4 is 10.6 Å². The number of nitrogens with one attached hydrogen (secondary N) is 2. The molecule has 0 saturated heterocycles. The van der Waals surface area contributed by atoms with Crippen LogP contribution in [0.3, 0.4) is 0 Å². The van der Waals surface area contributed by atoms with Gasteiger partial charge in [-0.05, 0) is 38.0 Å². The second-order valence-corrected chi connectivity index (χ2v) is 7.82. The lowest BCUT2D eigenvalue weighted by Gasteiger charge is -2.19. The van der Waals surface area contributed by atoms with Gasteiger partial charge in [0.1, 0.15) is 0 Å². The molecule has 25 heavy (non-hydrogen) atoms. The highest BCUT2D eigenvalue weighted by molar-refractivity contribution is 5.94. The van der Waals surface area contributed by atoms with Crippen molar-refractivity contribution >= 4 is 17.8 Å². The number of benzene rings is 1. The van der Waals surface area contributed by atoms with Crippen molar-refractivity contribution in [1.82, 2.24) is 10.6 Å². The molecule has 0 unspecified atom stereocenters. The van der Waals surface area contributed by atoms with Gasteiger partial charge in [-0.25, -0.2) is 0 Å². The summed E-state index contributed by atoms with van der Waals surface area (Å²) in [7, 11) is 0. The summed E-state index contributed by atoms with van der Waals surface area (Å²) >= 11 is 0. The first-order valence-corrected chi connectivity index (χ1v) is 8.32. The van der Waals surface area contributed by atoms with Gasteiger partial charge >= 0.3 is 5.97 Å². The van der Waals surface area contributed by atoms with E-state index in [-0.39, 0.29) is 11.8 Å². The van der Waals surface area contributed by atoms with Crippen LogP contribution in [-0.4, -0.2) is 29.4 Å². The van der Waals surface area contributed by atoms with Gasteiger partial charge < -0.3 is 15.7 Å². The van der Waals surface area contributed by atoms with E-state index in [1.165, 1.54) is 0 Å². The zero-order valence-electron chi connectivity index (χ0n) is 15.6. The van der Waals surface area contributed by atoms with Crippen LogP contribution in [0.1, 0.15) is 57.0 Å². The first-order valence-electron chi connectivity index (χ1n) is 8.32. The molecular formula is C19H28N2O4. The van der Waals surface area contributed by atoms with Gasteiger partial charge in [0.2, 0.25) is 5.91 Å². The smallest absolute Gasteiger partial charge is 0.309 e. The second kappa shape index (κ2) is 8.14. The van der Waals surface area contributed by atoms with Crippen LogP contribution in [-0.2, 0) is 16.1 Å². The number of carbonyl (C=O) groups excluding carboxylic acids is 2. The van der Waals surface area contributed by atoms with Gasteiger partial charge in [-0.3, -0.25) is 14.4 Å². The molecule has 0 spiro atoms. The maximum atomic E-state index is 12.1. The largest absolute Gasteiger partial charge is 0.481 e. The Morgan fingerprint density at radius 1 is 0.960 bits per heavy atom. The van der Waals surface area contributed by atoms with Crippen molar-refractivity contribution in [2.24, 2.45) is 10.8 Å². The molecule has 0 fully saturated rings. The Hall–Kier alpha value is -2.37. The minimum atomic E-state index is -0.886. The second-order valence-electron chi connectivity index (χ2n) is 7.82. The van der Waals surface area contributed by atoms with Gasteiger partial charge in [-0.1, -0.05) is 32.9 Å². The average molecular weight is 348 g/mol. The molecule has 6 heteroatoms. The summed E-state index contributed by atoms with van der Waals surface area (Å²) in [6.07, 6.45) is 0.352. The number of hydrogen-bond acceptors (Lipinski definition) is 3. The van der Waals surface area contributed by atoms with E-state index < -0.39 is 16.8 Å². The Morgan fingerprint density at radius 3 is 2.00 bits per heavy atom. The molecular weight excluding hydrogens is 320 g/mol. The van der Waals surface area contributed by atoms with Crippen LogP contribution in [0, 0.1) is 10.8 Å². The zero-order valence-corrected chi connectivity index (χ0v) is 15.6. The van der Waals surface area contributed by atoms with E-state index >= 15 is 0 Å². The normalized spacial score (nSPS) is 11.7. The van der Waals surface area contributed by atoms with Crippen molar-refractivity contribution < 1.29 is 19.5 Å². The van der Waals surface area contributed by atoms with Gasteiger partial charge in [-0.2, -0.15) is 0 Å². The summed E-state index contributed by atoms with van der Waals surface area (Å²) < 4.78 is 0. The third-order valence-electron chi connectivity index (χ3n) is 3.96. The molecule has 6 nitrogen and oxygen atoms in total. The summed E-state index contributed by atoms with van der Waals surface area (Å²) in [5.41, 5.74) is 0.0894. The summed E-state index contributed by atoms with van der Waals surface area (Å²) in [4.78, 5) is 35.0. The third-order valence-corrected chi connectivity index (χ3v) is 3.96. The molecule has 0 radical (unpaired) electrons. The molecule has 0 aliphatic rings. The molecule has 1 aromatic carbocycles. The number of carboxylic acids is 1. The van der Waals surface area contributed by atoms with Gasteiger partial charge in [0, 0.05) is 24.1 Å². The Bertz CT molecular complexity index is 628. The van der Waals surface area contributed by atoms with Crippen molar-refractivity contribution in [3.8, 4) is 0 Å². The number of carbonyl (C=O) groups is 3. The van der Waals surface area contributed by atoms with E-state index in [2.05, 4.69) is 10.6 Å². The Labute approximate surface area is 149 Å². The molecule has 0 atom stereocenters. The van der Waals surface area contributed by atoms with Gasteiger partial charge in [0.15, 0.2) is 0 Å². The highest BCUT2D eigenvalue weighted by atomic mass is 16.4. The van der Waals surface area contributed by atoms with E-state index in [4.69, 9.17) is 5.11 Å².